The van der Waals surface area contributed by atoms with Crippen LogP contribution in [0.25, 0.3) is 0 Å². The Morgan fingerprint density at radius 2 is 1.63 bits per heavy atom. The maximum Gasteiger partial charge on any atom is 0.326 e. The minimum Gasteiger partial charge on any atom is -0.480 e. The number of nitrogens with two attached hydrogens (primary N) is 1. The number of nitrogens with one attached hydrogen (secondary N) is 2. The molecule has 0 aromatic carbocycles. The second kappa shape index (κ2) is 11.8. The lowest BCUT2D eigenvalue weighted by atomic mass is 9.96. The molecule has 1 aliphatic rings. The van der Waals surface area contributed by atoms with Crippen molar-refractivity contribution in [2.24, 2.45) is 17.6 Å². The van der Waals surface area contributed by atoms with E-state index in [4.69, 9.17) is 10.8 Å². The Morgan fingerprint density at radius 1 is 1.07 bits per heavy atom. The Kier molecular flexibility index (Phi) is 10.2. The number of amides is 3. The maximum atomic E-state index is 13.2. The minimum atomic E-state index is -1.14. The van der Waals surface area contributed by atoms with Gasteiger partial charge in [0.25, 0.3) is 0 Å². The summed E-state index contributed by atoms with van der Waals surface area (Å²) in [4.78, 5) is 51.2. The maximum absolute atomic E-state index is 13.2. The van der Waals surface area contributed by atoms with E-state index < -0.39 is 54.5 Å². The average molecular weight is 429 g/mol. The van der Waals surface area contributed by atoms with E-state index in [1.165, 1.54) is 4.90 Å². The fourth-order valence-corrected chi connectivity index (χ4v) is 3.44. The van der Waals surface area contributed by atoms with Gasteiger partial charge < -0.3 is 31.5 Å². The number of nitrogens with zero attached hydrogens (tertiary/aromatic N) is 1. The van der Waals surface area contributed by atoms with Crippen LogP contribution in [-0.4, -0.2) is 76.1 Å². The van der Waals surface area contributed by atoms with Crippen molar-refractivity contribution >= 4 is 23.7 Å². The number of rotatable bonds is 11. The molecule has 10 nitrogen and oxygen atoms in total. The molecule has 6 unspecified atom stereocenters. The standard InChI is InChI=1S/C20H36N4O6/c1-5-11(3)15(22-17(26)13(21)10-25)19(28)24-9-7-8-14(24)18(27)23-16(20(29)30)12(4)6-2/h11-16,25H,5-10,21H2,1-4H3,(H,22,26)(H,23,27)(H,29,30). The number of hydrogen-bond donors (Lipinski definition) is 5. The molecule has 3 amide bonds. The van der Waals surface area contributed by atoms with Crippen molar-refractivity contribution in [3.63, 3.8) is 0 Å². The van der Waals surface area contributed by atoms with Gasteiger partial charge in [-0.2, -0.15) is 0 Å². The first-order chi connectivity index (χ1) is 14.1. The van der Waals surface area contributed by atoms with E-state index >= 15 is 0 Å². The molecule has 0 aromatic rings. The molecule has 30 heavy (non-hydrogen) atoms. The molecule has 0 spiro atoms. The molecule has 0 aromatic heterocycles. The second-order valence-corrected chi connectivity index (χ2v) is 8.06. The summed E-state index contributed by atoms with van der Waals surface area (Å²) in [7, 11) is 0. The number of hydrogen-bond acceptors (Lipinski definition) is 6. The van der Waals surface area contributed by atoms with Crippen LogP contribution in [0.3, 0.4) is 0 Å². The molecular weight excluding hydrogens is 392 g/mol. The van der Waals surface area contributed by atoms with E-state index in [2.05, 4.69) is 10.6 Å². The molecule has 10 heteroatoms. The van der Waals surface area contributed by atoms with Crippen molar-refractivity contribution in [3.05, 3.63) is 0 Å². The zero-order valence-electron chi connectivity index (χ0n) is 18.3. The number of aliphatic hydroxyl groups is 1. The quantitative estimate of drug-likeness (QED) is 0.295. The van der Waals surface area contributed by atoms with Crippen LogP contribution in [0, 0.1) is 11.8 Å². The minimum absolute atomic E-state index is 0.219. The van der Waals surface area contributed by atoms with Gasteiger partial charge >= 0.3 is 5.97 Å². The molecule has 1 fully saturated rings. The molecule has 1 saturated heterocycles. The largest absolute Gasteiger partial charge is 0.480 e. The first kappa shape index (κ1) is 25.8. The fraction of sp³-hybridized carbons (Fsp3) is 0.800. The summed E-state index contributed by atoms with van der Waals surface area (Å²) in [5.41, 5.74) is 5.55. The number of carbonyl (C=O) groups is 4. The van der Waals surface area contributed by atoms with Gasteiger partial charge in [-0.1, -0.05) is 40.5 Å². The van der Waals surface area contributed by atoms with Crippen LogP contribution in [0.2, 0.25) is 0 Å². The van der Waals surface area contributed by atoms with Crippen LogP contribution in [0.15, 0.2) is 0 Å². The van der Waals surface area contributed by atoms with Crippen LogP contribution >= 0.6 is 0 Å². The number of aliphatic carboxylic acids is 1. The van der Waals surface area contributed by atoms with Gasteiger partial charge in [0, 0.05) is 6.54 Å². The predicted molar refractivity (Wildman–Crippen MR) is 110 cm³/mol. The molecule has 6 N–H and O–H groups in total. The number of carboxylic acids is 1. The van der Waals surface area contributed by atoms with E-state index in [1.807, 2.05) is 20.8 Å². The van der Waals surface area contributed by atoms with Gasteiger partial charge in [-0.05, 0) is 24.7 Å². The molecule has 6 atom stereocenters. The Hall–Kier alpha value is -2.20. The molecule has 172 valence electrons. The average Bonchev–Trinajstić information content (AvgIpc) is 3.22. The summed E-state index contributed by atoms with van der Waals surface area (Å²) in [5.74, 6) is -3.14. The van der Waals surface area contributed by atoms with E-state index in [-0.39, 0.29) is 11.8 Å². The first-order valence-electron chi connectivity index (χ1n) is 10.6. The molecule has 0 aliphatic carbocycles. The Labute approximate surface area is 177 Å². The molecule has 1 heterocycles. The molecule has 1 rings (SSSR count). The zero-order chi connectivity index (χ0) is 23.0. The highest BCUT2D eigenvalue weighted by Crippen LogP contribution is 2.22. The normalized spacial score (nSPS) is 21.3. The Bertz CT molecular complexity index is 628. The number of carboxylic acid groups (broad SMARTS) is 1. The van der Waals surface area contributed by atoms with Crippen LogP contribution < -0.4 is 16.4 Å². The van der Waals surface area contributed by atoms with Gasteiger partial charge in [0.1, 0.15) is 24.2 Å². The van der Waals surface area contributed by atoms with E-state index in [0.29, 0.717) is 32.2 Å². The van der Waals surface area contributed by atoms with E-state index in [0.717, 1.165) is 0 Å². The van der Waals surface area contributed by atoms with Gasteiger partial charge in [-0.25, -0.2) is 4.79 Å². The lowest BCUT2D eigenvalue weighted by Gasteiger charge is -2.32. The van der Waals surface area contributed by atoms with Gasteiger partial charge in [0.05, 0.1) is 6.61 Å². The smallest absolute Gasteiger partial charge is 0.326 e. The Morgan fingerprint density at radius 3 is 2.13 bits per heavy atom. The monoisotopic (exact) mass is 428 g/mol. The highest BCUT2D eigenvalue weighted by molar-refractivity contribution is 5.94. The summed E-state index contributed by atoms with van der Waals surface area (Å²) < 4.78 is 0. The first-order valence-corrected chi connectivity index (χ1v) is 10.6. The van der Waals surface area contributed by atoms with Gasteiger partial charge in [-0.3, -0.25) is 14.4 Å². The lowest BCUT2D eigenvalue weighted by Crippen LogP contribution is -2.59. The summed E-state index contributed by atoms with van der Waals surface area (Å²) >= 11 is 0. The SMILES string of the molecule is CCC(C)C(NC(=O)C1CCCN1C(=O)C(NC(=O)C(N)CO)C(C)CC)C(=O)O. The second-order valence-electron chi connectivity index (χ2n) is 8.06. The van der Waals surface area contributed by atoms with Crippen molar-refractivity contribution in [3.8, 4) is 0 Å². The number of carbonyl (C=O) groups excluding carboxylic acids is 3. The van der Waals surface area contributed by atoms with E-state index in [1.54, 1.807) is 6.92 Å². The summed E-state index contributed by atoms with van der Waals surface area (Å²) in [6.07, 6.45) is 2.20. The van der Waals surface area contributed by atoms with Gasteiger partial charge in [0.2, 0.25) is 17.7 Å². The molecule has 0 radical (unpaired) electrons. The van der Waals surface area contributed by atoms with Crippen molar-refractivity contribution in [2.45, 2.75) is 77.5 Å². The van der Waals surface area contributed by atoms with Gasteiger partial charge in [-0.15, -0.1) is 0 Å². The van der Waals surface area contributed by atoms with Crippen LogP contribution in [0.1, 0.15) is 53.4 Å². The highest BCUT2D eigenvalue weighted by Gasteiger charge is 2.40. The third kappa shape index (κ3) is 6.40. The highest BCUT2D eigenvalue weighted by atomic mass is 16.4. The third-order valence-electron chi connectivity index (χ3n) is 5.93. The molecular formula is C20H36N4O6. The topological polar surface area (TPSA) is 162 Å². The van der Waals surface area contributed by atoms with Crippen molar-refractivity contribution in [1.82, 2.24) is 15.5 Å². The van der Waals surface area contributed by atoms with Crippen LogP contribution in [0.4, 0.5) is 0 Å². The fourth-order valence-electron chi connectivity index (χ4n) is 3.44. The molecule has 1 aliphatic heterocycles. The van der Waals surface area contributed by atoms with Crippen LogP contribution in [0.5, 0.6) is 0 Å². The number of aliphatic hydroxyl groups excluding tert-OH is 1. The van der Waals surface area contributed by atoms with Crippen LogP contribution in [-0.2, 0) is 19.2 Å². The summed E-state index contributed by atoms with van der Waals surface area (Å²) in [5, 5.41) is 23.7. The Balaban J connectivity index is 3.00. The zero-order valence-corrected chi connectivity index (χ0v) is 18.3. The summed E-state index contributed by atoms with van der Waals surface area (Å²) in [6.45, 7) is 7.06. The van der Waals surface area contributed by atoms with Gasteiger partial charge in [0.15, 0.2) is 0 Å². The van der Waals surface area contributed by atoms with E-state index in [9.17, 15) is 24.3 Å². The van der Waals surface area contributed by atoms with Crippen molar-refractivity contribution in [1.29, 1.82) is 0 Å². The third-order valence-corrected chi connectivity index (χ3v) is 5.93. The number of likely N-dealkylation sites (tertiary alicyclic amines) is 1. The lowest BCUT2D eigenvalue weighted by molar-refractivity contribution is -0.146. The molecule has 0 saturated carbocycles. The molecule has 0 bridgehead atoms. The van der Waals surface area contributed by atoms with Crippen molar-refractivity contribution < 1.29 is 29.4 Å². The van der Waals surface area contributed by atoms with Crippen molar-refractivity contribution in [2.75, 3.05) is 13.2 Å². The summed E-state index contributed by atoms with van der Waals surface area (Å²) in [6, 6.07) is -3.86. The predicted octanol–water partition coefficient (Wildman–Crippen LogP) is -0.557.